The van der Waals surface area contributed by atoms with Gasteiger partial charge in [0.2, 0.25) is 5.88 Å². The minimum absolute atomic E-state index is 0.288. The van der Waals surface area contributed by atoms with Crippen molar-refractivity contribution in [3.05, 3.63) is 60.7 Å². The van der Waals surface area contributed by atoms with E-state index in [1.54, 1.807) is 30.3 Å². The number of aromatic nitrogens is 4. The highest BCUT2D eigenvalue weighted by molar-refractivity contribution is 6.09. The Kier molecular flexibility index (Phi) is 5.55. The Morgan fingerprint density at radius 3 is 2.65 bits per heavy atom. The van der Waals surface area contributed by atoms with Crippen LogP contribution < -0.4 is 9.64 Å². The van der Waals surface area contributed by atoms with Crippen LogP contribution in [-0.2, 0) is 11.3 Å². The number of hydrogen-bond donors (Lipinski definition) is 0. The first-order valence-electron chi connectivity index (χ1n) is 8.01. The summed E-state index contributed by atoms with van der Waals surface area (Å²) in [6.45, 7) is 0.839. The van der Waals surface area contributed by atoms with Crippen molar-refractivity contribution >= 4 is 17.4 Å². The van der Waals surface area contributed by atoms with Crippen molar-refractivity contribution in [1.82, 2.24) is 19.7 Å². The van der Waals surface area contributed by atoms with Crippen molar-refractivity contribution in [1.29, 1.82) is 0 Å². The molecule has 1 aromatic carbocycles. The first-order chi connectivity index (χ1) is 12.7. The molecule has 0 N–H and O–H groups in total. The molecular formula is C18H19N5O3. The minimum Gasteiger partial charge on any atom is -0.480 e. The van der Waals surface area contributed by atoms with Gasteiger partial charge in [0.15, 0.2) is 5.82 Å². The smallest absolute Gasteiger partial charge is 0.282 e. The normalized spacial score (nSPS) is 10.5. The molecule has 8 heteroatoms. The quantitative estimate of drug-likeness (QED) is 0.648. The predicted octanol–water partition coefficient (Wildman–Crippen LogP) is 2.31. The molecule has 26 heavy (non-hydrogen) atoms. The van der Waals surface area contributed by atoms with Gasteiger partial charge in [-0.3, -0.25) is 19.4 Å². The molecule has 134 valence electrons. The summed E-state index contributed by atoms with van der Waals surface area (Å²) in [5.41, 5.74) is 1.05. The molecule has 0 atom stereocenters. The van der Waals surface area contributed by atoms with Crippen molar-refractivity contribution in [2.75, 3.05) is 25.7 Å². The van der Waals surface area contributed by atoms with Gasteiger partial charge in [-0.15, -0.1) is 5.10 Å². The third-order valence-electron chi connectivity index (χ3n) is 3.69. The Morgan fingerprint density at radius 2 is 2.00 bits per heavy atom. The Bertz CT molecular complexity index is 812. The van der Waals surface area contributed by atoms with E-state index >= 15 is 0 Å². The van der Waals surface area contributed by atoms with Crippen LogP contribution in [0.4, 0.5) is 11.5 Å². The fourth-order valence-corrected chi connectivity index (χ4v) is 2.47. The number of anilines is 2. The van der Waals surface area contributed by atoms with E-state index in [1.807, 2.05) is 30.3 Å². The van der Waals surface area contributed by atoms with Crippen molar-refractivity contribution in [3.8, 4) is 5.88 Å². The molecule has 0 bridgehead atoms. The number of hydrogen-bond acceptors (Lipinski definition) is 6. The molecule has 0 radical (unpaired) electrons. The van der Waals surface area contributed by atoms with E-state index in [0.717, 1.165) is 0 Å². The molecule has 0 aliphatic carbocycles. The number of carbonyl (C=O) groups excluding carboxylic acids is 1. The van der Waals surface area contributed by atoms with E-state index in [9.17, 15) is 4.79 Å². The number of nitrogens with zero attached hydrogens (tertiary/aromatic N) is 5. The molecule has 0 spiro atoms. The summed E-state index contributed by atoms with van der Waals surface area (Å²) in [4.78, 5) is 23.2. The number of carbonyl (C=O) groups is 1. The maximum atomic E-state index is 13.4. The highest BCUT2D eigenvalue weighted by Gasteiger charge is 2.25. The zero-order valence-corrected chi connectivity index (χ0v) is 14.6. The summed E-state index contributed by atoms with van der Waals surface area (Å²) in [6.07, 6.45) is 4.64. The lowest BCUT2D eigenvalue weighted by Gasteiger charge is -2.21. The van der Waals surface area contributed by atoms with Crippen LogP contribution in [0, 0.1) is 0 Å². The van der Waals surface area contributed by atoms with Gasteiger partial charge in [-0.2, -0.15) is 0 Å². The van der Waals surface area contributed by atoms with Gasteiger partial charge < -0.3 is 9.47 Å². The average Bonchev–Trinajstić information content (AvgIpc) is 3.11. The molecule has 0 unspecified atom stereocenters. The minimum atomic E-state index is -0.288. The topological polar surface area (TPSA) is 82.4 Å². The van der Waals surface area contributed by atoms with Gasteiger partial charge in [0.25, 0.3) is 5.91 Å². The SMILES string of the molecule is COCCn1nc(OC)cc1C(=O)N(c1ccccc1)c1cnccn1. The second-order valence-corrected chi connectivity index (χ2v) is 5.33. The highest BCUT2D eigenvalue weighted by atomic mass is 16.5. The van der Waals surface area contributed by atoms with Crippen molar-refractivity contribution in [3.63, 3.8) is 0 Å². The lowest BCUT2D eigenvalue weighted by molar-refractivity contribution is 0.0984. The number of para-hydroxylation sites is 1. The molecular weight excluding hydrogens is 334 g/mol. The first-order valence-corrected chi connectivity index (χ1v) is 8.01. The maximum absolute atomic E-state index is 13.4. The standard InChI is InChI=1S/C18H19N5O3/c1-25-11-10-22-15(12-17(21-22)26-2)18(24)23(14-6-4-3-5-7-14)16-13-19-8-9-20-16/h3-9,12-13H,10-11H2,1-2H3. The first kappa shape index (κ1) is 17.6. The van der Waals surface area contributed by atoms with Gasteiger partial charge in [0, 0.05) is 25.6 Å². The monoisotopic (exact) mass is 353 g/mol. The van der Waals surface area contributed by atoms with E-state index in [0.29, 0.717) is 36.2 Å². The Labute approximate surface area is 151 Å². The van der Waals surface area contributed by atoms with Crippen LogP contribution >= 0.6 is 0 Å². The molecule has 2 heterocycles. The van der Waals surface area contributed by atoms with Crippen LogP contribution in [0.2, 0.25) is 0 Å². The van der Waals surface area contributed by atoms with Gasteiger partial charge in [-0.1, -0.05) is 18.2 Å². The van der Waals surface area contributed by atoms with Gasteiger partial charge >= 0.3 is 0 Å². The van der Waals surface area contributed by atoms with E-state index in [1.165, 1.54) is 18.2 Å². The van der Waals surface area contributed by atoms with E-state index in [-0.39, 0.29) is 5.91 Å². The molecule has 8 nitrogen and oxygen atoms in total. The zero-order chi connectivity index (χ0) is 18.4. The molecule has 3 aromatic rings. The molecule has 1 amide bonds. The van der Waals surface area contributed by atoms with Crippen LogP contribution in [0.3, 0.4) is 0 Å². The van der Waals surface area contributed by atoms with E-state index in [4.69, 9.17) is 9.47 Å². The molecule has 0 aliphatic rings. The van der Waals surface area contributed by atoms with Crippen LogP contribution in [0.15, 0.2) is 55.0 Å². The molecule has 0 saturated heterocycles. The number of ether oxygens (including phenoxy) is 2. The maximum Gasteiger partial charge on any atom is 0.282 e. The fourth-order valence-electron chi connectivity index (χ4n) is 2.47. The van der Waals surface area contributed by atoms with Crippen molar-refractivity contribution in [2.24, 2.45) is 0 Å². The summed E-state index contributed by atoms with van der Waals surface area (Å²) in [5, 5.41) is 4.29. The lowest BCUT2D eigenvalue weighted by Crippen LogP contribution is -2.29. The second-order valence-electron chi connectivity index (χ2n) is 5.33. The molecule has 0 saturated carbocycles. The summed E-state index contributed by atoms with van der Waals surface area (Å²) in [7, 11) is 3.10. The summed E-state index contributed by atoms with van der Waals surface area (Å²) in [5.74, 6) is 0.488. The van der Waals surface area contributed by atoms with Crippen LogP contribution in [0.5, 0.6) is 5.88 Å². The van der Waals surface area contributed by atoms with Crippen LogP contribution in [-0.4, -0.2) is 46.5 Å². The number of rotatable bonds is 7. The van der Waals surface area contributed by atoms with Gasteiger partial charge in [-0.25, -0.2) is 4.98 Å². The largest absolute Gasteiger partial charge is 0.480 e. The summed E-state index contributed by atoms with van der Waals surface area (Å²) < 4.78 is 11.9. The molecule has 2 aromatic heterocycles. The molecule has 0 fully saturated rings. The highest BCUT2D eigenvalue weighted by Crippen LogP contribution is 2.26. The summed E-state index contributed by atoms with van der Waals surface area (Å²) >= 11 is 0. The van der Waals surface area contributed by atoms with Gasteiger partial charge in [0.1, 0.15) is 5.69 Å². The van der Waals surface area contributed by atoms with E-state index in [2.05, 4.69) is 15.1 Å². The third-order valence-corrected chi connectivity index (χ3v) is 3.69. The Hall–Kier alpha value is -3.26. The fraction of sp³-hybridized carbons (Fsp3) is 0.222. The van der Waals surface area contributed by atoms with E-state index < -0.39 is 0 Å². The number of methoxy groups -OCH3 is 2. The van der Waals surface area contributed by atoms with Crippen LogP contribution in [0.25, 0.3) is 0 Å². The second kappa shape index (κ2) is 8.21. The number of amides is 1. The van der Waals surface area contributed by atoms with Crippen LogP contribution in [0.1, 0.15) is 10.5 Å². The number of benzene rings is 1. The van der Waals surface area contributed by atoms with Gasteiger partial charge in [0.05, 0.1) is 32.1 Å². The Balaban J connectivity index is 2.05. The zero-order valence-electron chi connectivity index (χ0n) is 14.6. The molecule has 3 rings (SSSR count). The molecule has 0 aliphatic heterocycles. The lowest BCUT2D eigenvalue weighted by atomic mass is 10.2. The Morgan fingerprint density at radius 1 is 1.19 bits per heavy atom. The van der Waals surface area contributed by atoms with Gasteiger partial charge in [-0.05, 0) is 12.1 Å². The summed E-state index contributed by atoms with van der Waals surface area (Å²) in [6, 6.07) is 10.9. The van der Waals surface area contributed by atoms with Crippen molar-refractivity contribution < 1.29 is 14.3 Å². The van der Waals surface area contributed by atoms with Crippen molar-refractivity contribution in [2.45, 2.75) is 6.54 Å². The average molecular weight is 353 g/mol. The third kappa shape index (κ3) is 3.70. The predicted molar refractivity (Wildman–Crippen MR) is 95.6 cm³/mol.